The molecule has 1 aromatic rings. The van der Waals surface area contributed by atoms with Gasteiger partial charge in [0, 0.05) is 52.6 Å². The fraction of sp³-hybridized carbons (Fsp3) is 0.643. The first-order valence-corrected chi connectivity index (χ1v) is 7.20. The van der Waals surface area contributed by atoms with Crippen molar-refractivity contribution in [3.8, 4) is 0 Å². The minimum Gasteiger partial charge on any atom is -0.373 e. The Hall–Kier alpha value is -1.85. The van der Waals surface area contributed by atoms with Gasteiger partial charge in [0.2, 0.25) is 5.91 Å². The van der Waals surface area contributed by atoms with E-state index in [0.717, 1.165) is 56.5 Å². The molecule has 1 aromatic heterocycles. The first kappa shape index (κ1) is 14.6. The van der Waals surface area contributed by atoms with Crippen molar-refractivity contribution in [1.82, 2.24) is 14.9 Å². The number of nitrogens with one attached hydrogen (secondary N) is 1. The topological polar surface area (TPSA) is 61.4 Å². The summed E-state index contributed by atoms with van der Waals surface area (Å²) in [6, 6.07) is 1.97. The van der Waals surface area contributed by atoms with Gasteiger partial charge in [-0.15, -0.1) is 0 Å². The van der Waals surface area contributed by atoms with Crippen molar-refractivity contribution >= 4 is 17.5 Å². The normalized spacial score (nSPS) is 15.9. The van der Waals surface area contributed by atoms with Crippen LogP contribution in [0.25, 0.3) is 0 Å². The fourth-order valence-electron chi connectivity index (χ4n) is 2.39. The van der Waals surface area contributed by atoms with Crippen LogP contribution in [0.15, 0.2) is 6.07 Å². The van der Waals surface area contributed by atoms with Crippen LogP contribution in [0.2, 0.25) is 0 Å². The van der Waals surface area contributed by atoms with Crippen molar-refractivity contribution < 1.29 is 4.79 Å². The van der Waals surface area contributed by atoms with Crippen molar-refractivity contribution in [2.24, 2.45) is 0 Å². The molecule has 0 unspecified atom stereocenters. The zero-order valence-corrected chi connectivity index (χ0v) is 12.5. The summed E-state index contributed by atoms with van der Waals surface area (Å²) < 4.78 is 0. The van der Waals surface area contributed by atoms with E-state index in [1.165, 1.54) is 0 Å². The molecule has 0 atom stereocenters. The summed E-state index contributed by atoms with van der Waals surface area (Å²) in [6.07, 6.45) is 1.79. The third-order valence-electron chi connectivity index (χ3n) is 3.60. The fourth-order valence-corrected chi connectivity index (χ4v) is 2.39. The lowest BCUT2D eigenvalue weighted by molar-refractivity contribution is -0.128. The Balaban J connectivity index is 2.16. The van der Waals surface area contributed by atoms with Crippen LogP contribution in [0.5, 0.6) is 0 Å². The second kappa shape index (κ2) is 6.54. The Morgan fingerprint density at radius 2 is 2.10 bits per heavy atom. The second-order valence-electron chi connectivity index (χ2n) is 4.98. The SMILES string of the molecule is CCc1nc(NC)cc(N2CCCN(C(C)=O)CC2)n1. The largest absolute Gasteiger partial charge is 0.373 e. The Morgan fingerprint density at radius 1 is 1.30 bits per heavy atom. The molecule has 110 valence electrons. The minimum absolute atomic E-state index is 0.152. The molecule has 1 fully saturated rings. The molecule has 0 aromatic carbocycles. The summed E-state index contributed by atoms with van der Waals surface area (Å²) >= 11 is 0. The maximum absolute atomic E-state index is 11.5. The van der Waals surface area contributed by atoms with Crippen LogP contribution < -0.4 is 10.2 Å². The molecular formula is C14H23N5O. The third kappa shape index (κ3) is 3.37. The van der Waals surface area contributed by atoms with Crippen LogP contribution in [0, 0.1) is 0 Å². The molecule has 0 aliphatic carbocycles. The van der Waals surface area contributed by atoms with Crippen molar-refractivity contribution in [3.05, 3.63) is 11.9 Å². The van der Waals surface area contributed by atoms with E-state index in [1.807, 2.05) is 18.0 Å². The minimum atomic E-state index is 0.152. The van der Waals surface area contributed by atoms with Gasteiger partial charge in [-0.25, -0.2) is 9.97 Å². The average Bonchev–Trinajstić information content (AvgIpc) is 2.72. The van der Waals surface area contributed by atoms with Crippen LogP contribution in [0.4, 0.5) is 11.6 Å². The van der Waals surface area contributed by atoms with Crippen LogP contribution in [-0.4, -0.2) is 54.0 Å². The van der Waals surface area contributed by atoms with Gasteiger partial charge in [0.1, 0.15) is 17.5 Å². The van der Waals surface area contributed by atoms with E-state index in [4.69, 9.17) is 0 Å². The molecule has 0 radical (unpaired) electrons. The van der Waals surface area contributed by atoms with Gasteiger partial charge in [-0.3, -0.25) is 4.79 Å². The number of carbonyl (C=O) groups excluding carboxylic acids is 1. The summed E-state index contributed by atoms with van der Waals surface area (Å²) in [7, 11) is 1.87. The van der Waals surface area contributed by atoms with Crippen molar-refractivity contribution in [3.63, 3.8) is 0 Å². The van der Waals surface area contributed by atoms with E-state index in [0.29, 0.717) is 0 Å². The van der Waals surface area contributed by atoms with Gasteiger partial charge >= 0.3 is 0 Å². The first-order chi connectivity index (χ1) is 9.63. The summed E-state index contributed by atoms with van der Waals surface area (Å²) in [6.45, 7) is 7.02. The first-order valence-electron chi connectivity index (χ1n) is 7.20. The van der Waals surface area contributed by atoms with Crippen LogP contribution >= 0.6 is 0 Å². The van der Waals surface area contributed by atoms with E-state index < -0.39 is 0 Å². The molecule has 1 aliphatic rings. The van der Waals surface area contributed by atoms with Crippen molar-refractivity contribution in [2.45, 2.75) is 26.7 Å². The Morgan fingerprint density at radius 3 is 2.75 bits per heavy atom. The number of hydrogen-bond acceptors (Lipinski definition) is 5. The molecule has 1 aliphatic heterocycles. The number of aromatic nitrogens is 2. The number of hydrogen-bond donors (Lipinski definition) is 1. The summed E-state index contributed by atoms with van der Waals surface area (Å²) in [5, 5.41) is 3.08. The molecular weight excluding hydrogens is 254 g/mol. The number of amides is 1. The van der Waals surface area contributed by atoms with E-state index >= 15 is 0 Å². The van der Waals surface area contributed by atoms with Gasteiger partial charge in [-0.05, 0) is 6.42 Å². The number of nitrogens with zero attached hydrogens (tertiary/aromatic N) is 4. The Labute approximate surface area is 120 Å². The van der Waals surface area contributed by atoms with Crippen LogP contribution in [0.1, 0.15) is 26.1 Å². The van der Waals surface area contributed by atoms with Gasteiger partial charge < -0.3 is 15.1 Å². The molecule has 20 heavy (non-hydrogen) atoms. The standard InChI is InChI=1S/C14H23N5O/c1-4-12-16-13(15-3)10-14(17-12)19-7-5-6-18(8-9-19)11(2)20/h10H,4-9H2,1-3H3,(H,15,16,17). The average molecular weight is 277 g/mol. The van der Waals surface area contributed by atoms with E-state index in [2.05, 4.69) is 27.1 Å². The molecule has 6 heteroatoms. The number of aryl methyl sites for hydroxylation is 1. The van der Waals surface area contributed by atoms with Gasteiger partial charge in [-0.2, -0.15) is 0 Å². The Bertz CT molecular complexity index is 454. The predicted octanol–water partition coefficient (Wildman–Crippen LogP) is 1.14. The maximum atomic E-state index is 11.5. The van der Waals surface area contributed by atoms with Crippen molar-refractivity contribution in [2.75, 3.05) is 43.4 Å². The highest BCUT2D eigenvalue weighted by molar-refractivity contribution is 5.73. The molecule has 0 spiro atoms. The van der Waals surface area contributed by atoms with Crippen molar-refractivity contribution in [1.29, 1.82) is 0 Å². The third-order valence-corrected chi connectivity index (χ3v) is 3.60. The molecule has 1 amide bonds. The maximum Gasteiger partial charge on any atom is 0.219 e. The van der Waals surface area contributed by atoms with Crippen LogP contribution in [0.3, 0.4) is 0 Å². The number of rotatable bonds is 3. The monoisotopic (exact) mass is 277 g/mol. The lowest BCUT2D eigenvalue weighted by atomic mass is 10.3. The number of anilines is 2. The highest BCUT2D eigenvalue weighted by atomic mass is 16.2. The number of carbonyl (C=O) groups is 1. The molecule has 2 rings (SSSR count). The van der Waals surface area contributed by atoms with Gasteiger partial charge in [-0.1, -0.05) is 6.92 Å². The quantitative estimate of drug-likeness (QED) is 0.897. The molecule has 1 saturated heterocycles. The highest BCUT2D eigenvalue weighted by Crippen LogP contribution is 2.18. The highest BCUT2D eigenvalue weighted by Gasteiger charge is 2.18. The summed E-state index contributed by atoms with van der Waals surface area (Å²) in [5.74, 6) is 2.80. The molecule has 1 N–H and O–H groups in total. The summed E-state index contributed by atoms with van der Waals surface area (Å²) in [5.41, 5.74) is 0. The molecule has 0 bridgehead atoms. The van der Waals surface area contributed by atoms with E-state index in [1.54, 1.807) is 6.92 Å². The lowest BCUT2D eigenvalue weighted by Gasteiger charge is -2.23. The van der Waals surface area contributed by atoms with E-state index in [-0.39, 0.29) is 5.91 Å². The molecule has 0 saturated carbocycles. The zero-order chi connectivity index (χ0) is 14.5. The molecule has 6 nitrogen and oxygen atoms in total. The van der Waals surface area contributed by atoms with Gasteiger partial charge in [0.25, 0.3) is 0 Å². The van der Waals surface area contributed by atoms with Gasteiger partial charge in [0.05, 0.1) is 0 Å². The zero-order valence-electron chi connectivity index (χ0n) is 12.5. The van der Waals surface area contributed by atoms with Crippen LogP contribution in [-0.2, 0) is 11.2 Å². The Kier molecular flexibility index (Phi) is 4.76. The second-order valence-corrected chi connectivity index (χ2v) is 4.98. The summed E-state index contributed by atoms with van der Waals surface area (Å²) in [4.78, 5) is 24.6. The molecule has 2 heterocycles. The lowest BCUT2D eigenvalue weighted by Crippen LogP contribution is -2.34. The smallest absolute Gasteiger partial charge is 0.219 e. The van der Waals surface area contributed by atoms with Gasteiger partial charge in [0.15, 0.2) is 0 Å². The van der Waals surface area contributed by atoms with E-state index in [9.17, 15) is 4.79 Å². The predicted molar refractivity (Wildman–Crippen MR) is 80.0 cm³/mol.